The first-order valence-electron chi connectivity index (χ1n) is 13.7. The predicted molar refractivity (Wildman–Crippen MR) is 133 cm³/mol. The van der Waals surface area contributed by atoms with Crippen molar-refractivity contribution in [3.05, 3.63) is 11.6 Å². The number of aliphatic hydroxyl groups is 3. The minimum atomic E-state index is -0.817. The van der Waals surface area contributed by atoms with Gasteiger partial charge in [0.05, 0.1) is 24.2 Å². The van der Waals surface area contributed by atoms with E-state index in [0.29, 0.717) is 31.6 Å². The third-order valence-corrected chi connectivity index (χ3v) is 11.8. The van der Waals surface area contributed by atoms with Gasteiger partial charge in [-0.15, -0.1) is 0 Å². The van der Waals surface area contributed by atoms with Gasteiger partial charge in [0.1, 0.15) is 0 Å². The second-order valence-electron chi connectivity index (χ2n) is 13.5. The number of carboxylic acids is 1. The Labute approximate surface area is 248 Å². The van der Waals surface area contributed by atoms with Crippen LogP contribution in [-0.2, 0) is 4.79 Å². The molecular formula is C29H48AcO5. The molecule has 5 nitrogen and oxygen atoms in total. The van der Waals surface area contributed by atoms with Crippen molar-refractivity contribution in [2.24, 2.45) is 51.8 Å². The van der Waals surface area contributed by atoms with E-state index in [1.807, 2.05) is 13.8 Å². The molecule has 0 aromatic carbocycles. The van der Waals surface area contributed by atoms with Crippen LogP contribution in [0.15, 0.2) is 11.6 Å². The normalized spacial score (nSPS) is 49.6. The fourth-order valence-electron chi connectivity index (χ4n) is 10.1. The second-order valence-corrected chi connectivity index (χ2v) is 13.5. The molecule has 4 aliphatic carbocycles. The number of fused-ring (bicyclic) bond motifs is 5. The number of aliphatic carboxylic acids is 1. The van der Waals surface area contributed by atoms with Gasteiger partial charge in [0, 0.05) is 50.0 Å². The number of aliphatic hydroxyl groups excluding tert-OH is 3. The van der Waals surface area contributed by atoms with E-state index in [1.165, 1.54) is 5.57 Å². The molecule has 12 atom stereocenters. The molecule has 0 aromatic heterocycles. The molecule has 4 saturated carbocycles. The van der Waals surface area contributed by atoms with Crippen LogP contribution in [0.3, 0.4) is 0 Å². The Morgan fingerprint density at radius 1 is 0.971 bits per heavy atom. The van der Waals surface area contributed by atoms with Gasteiger partial charge in [-0.2, -0.15) is 0 Å². The first-order valence-corrected chi connectivity index (χ1v) is 13.7. The molecule has 6 heteroatoms. The van der Waals surface area contributed by atoms with Crippen LogP contribution in [0, 0.1) is 95.8 Å². The van der Waals surface area contributed by atoms with Gasteiger partial charge < -0.3 is 20.4 Å². The number of hydrogen-bond acceptors (Lipinski definition) is 4. The van der Waals surface area contributed by atoms with Gasteiger partial charge >= 0.3 is 5.97 Å². The van der Waals surface area contributed by atoms with E-state index < -0.39 is 24.1 Å². The number of carbonyl (C=O) groups is 1. The summed E-state index contributed by atoms with van der Waals surface area (Å²) in [5.41, 5.74) is 0.763. The molecule has 4 rings (SSSR count). The molecule has 4 fully saturated rings. The van der Waals surface area contributed by atoms with E-state index in [0.717, 1.165) is 25.7 Å². The minimum Gasteiger partial charge on any atom is -0.481 e. The summed E-state index contributed by atoms with van der Waals surface area (Å²) in [5, 5.41) is 43.9. The van der Waals surface area contributed by atoms with E-state index in [2.05, 4.69) is 33.8 Å². The maximum Gasteiger partial charge on any atom is 0.306 e. The number of rotatable bonds is 5. The zero-order chi connectivity index (χ0) is 25.2. The van der Waals surface area contributed by atoms with Crippen LogP contribution in [0.1, 0.15) is 92.9 Å². The molecule has 0 aromatic rings. The second kappa shape index (κ2) is 10.6. The fourth-order valence-corrected chi connectivity index (χ4v) is 10.1. The van der Waals surface area contributed by atoms with Crippen LogP contribution in [-0.4, -0.2) is 44.7 Å². The van der Waals surface area contributed by atoms with Crippen molar-refractivity contribution in [1.29, 1.82) is 0 Å². The molecule has 0 amide bonds. The van der Waals surface area contributed by atoms with Crippen molar-refractivity contribution in [3.63, 3.8) is 0 Å². The molecule has 1 radical (unpaired) electrons. The summed E-state index contributed by atoms with van der Waals surface area (Å²) in [4.78, 5) is 12.4. The summed E-state index contributed by atoms with van der Waals surface area (Å²) in [7, 11) is 0. The van der Waals surface area contributed by atoms with Crippen LogP contribution in [0.25, 0.3) is 0 Å². The Kier molecular flexibility index (Phi) is 9.11. The summed E-state index contributed by atoms with van der Waals surface area (Å²) in [6.07, 6.45) is 6.80. The van der Waals surface area contributed by atoms with Crippen molar-refractivity contribution in [2.45, 2.75) is 111 Å². The van der Waals surface area contributed by atoms with Gasteiger partial charge in [0.2, 0.25) is 0 Å². The summed E-state index contributed by atoms with van der Waals surface area (Å²) in [6.45, 7) is 13.2. The first-order chi connectivity index (χ1) is 15.8. The third kappa shape index (κ3) is 4.66. The number of hydrogen-bond donors (Lipinski definition) is 4. The van der Waals surface area contributed by atoms with Crippen LogP contribution in [0.5, 0.6) is 0 Å². The van der Waals surface area contributed by atoms with Gasteiger partial charge in [0.25, 0.3) is 0 Å². The van der Waals surface area contributed by atoms with Gasteiger partial charge in [0.15, 0.2) is 0 Å². The van der Waals surface area contributed by atoms with Crippen LogP contribution in [0.4, 0.5) is 0 Å². The van der Waals surface area contributed by atoms with Crippen LogP contribution in [0.2, 0.25) is 0 Å². The Balaban J connectivity index is 0.00000342. The average molecular weight is 704 g/mol. The van der Waals surface area contributed by atoms with E-state index in [4.69, 9.17) is 0 Å². The predicted octanol–water partition coefficient (Wildman–Crippen LogP) is 5.03. The van der Waals surface area contributed by atoms with Crippen molar-refractivity contribution < 1.29 is 69.3 Å². The standard InChI is InChI=1S/C29H48O5.Ac/c1-16(2)8-7-9-18(26(33)34)24-20-14-22(31)25-27(4)12-11-21(30)17(3)19(27)10-13-28(25,5)29(20,6)15-23(24)32;/h8,17-25,30-32H,7,9-15H2,1-6H3,(H,33,34);/t17?,18-,19?,20?,21?,22?,23-,24?,25?,27-,28?,29-;/m0./s1. The van der Waals surface area contributed by atoms with Gasteiger partial charge in [-0.25, -0.2) is 0 Å². The van der Waals surface area contributed by atoms with Crippen molar-refractivity contribution in [3.8, 4) is 0 Å². The van der Waals surface area contributed by atoms with Crippen LogP contribution >= 0.6 is 0 Å². The molecule has 197 valence electrons. The maximum atomic E-state index is 12.4. The Hall–Kier alpha value is 0.532. The van der Waals surface area contributed by atoms with E-state index >= 15 is 0 Å². The summed E-state index contributed by atoms with van der Waals surface area (Å²) >= 11 is 0. The summed E-state index contributed by atoms with van der Waals surface area (Å²) < 4.78 is 0. The quantitative estimate of drug-likeness (QED) is 0.302. The minimum absolute atomic E-state index is 0. The average Bonchev–Trinajstić information content (AvgIpc) is 2.99. The molecule has 4 N–H and O–H groups in total. The Morgan fingerprint density at radius 3 is 2.23 bits per heavy atom. The molecule has 4 aliphatic rings. The number of carboxylic acid groups (broad SMARTS) is 1. The number of allylic oxidation sites excluding steroid dienone is 2. The monoisotopic (exact) mass is 703 g/mol. The first kappa shape index (κ1) is 30.1. The summed E-state index contributed by atoms with van der Waals surface area (Å²) in [5.74, 6) is -1.01. The van der Waals surface area contributed by atoms with Crippen molar-refractivity contribution in [2.75, 3.05) is 0 Å². The molecule has 8 unspecified atom stereocenters. The van der Waals surface area contributed by atoms with E-state index in [9.17, 15) is 25.2 Å². The zero-order valence-corrected chi connectivity index (χ0v) is 27.5. The zero-order valence-electron chi connectivity index (χ0n) is 22.7. The molecule has 0 heterocycles. The van der Waals surface area contributed by atoms with Gasteiger partial charge in [-0.05, 0) is 105 Å². The SMILES string of the molecule is CC(C)=CCC[C@H](C(=O)O)C1C2CC(O)C3C(C)(CCC4C(C)C(O)CC[C@@]43C)[C@@]2(C)C[C@@H]1O.[Ac]. The van der Waals surface area contributed by atoms with E-state index in [-0.39, 0.29) is 90.1 Å². The molecular weight excluding hydrogens is 655 g/mol. The fraction of sp³-hybridized carbons (Fsp3) is 0.897. The molecule has 35 heavy (non-hydrogen) atoms. The van der Waals surface area contributed by atoms with Crippen molar-refractivity contribution in [1.82, 2.24) is 0 Å². The smallest absolute Gasteiger partial charge is 0.306 e. The topological polar surface area (TPSA) is 98.0 Å². The van der Waals surface area contributed by atoms with Gasteiger partial charge in [-0.3, -0.25) is 4.79 Å². The van der Waals surface area contributed by atoms with Crippen LogP contribution < -0.4 is 0 Å². The van der Waals surface area contributed by atoms with Gasteiger partial charge in [-0.1, -0.05) is 39.3 Å². The molecule has 0 aliphatic heterocycles. The van der Waals surface area contributed by atoms with E-state index in [1.54, 1.807) is 0 Å². The largest absolute Gasteiger partial charge is 0.481 e. The molecule has 0 spiro atoms. The molecule has 0 bridgehead atoms. The maximum absolute atomic E-state index is 12.4. The summed E-state index contributed by atoms with van der Waals surface area (Å²) in [6, 6.07) is 0. The third-order valence-electron chi connectivity index (χ3n) is 11.8. The van der Waals surface area contributed by atoms with Crippen molar-refractivity contribution >= 4 is 5.97 Å². The Bertz CT molecular complexity index is 826. The Morgan fingerprint density at radius 2 is 1.63 bits per heavy atom. The molecule has 0 saturated heterocycles.